The van der Waals surface area contributed by atoms with E-state index in [0.717, 1.165) is 0 Å². The van der Waals surface area contributed by atoms with Crippen molar-refractivity contribution in [3.8, 4) is 0 Å². The predicted octanol–water partition coefficient (Wildman–Crippen LogP) is 5.77. The lowest BCUT2D eigenvalue weighted by Crippen LogP contribution is -2.43. The summed E-state index contributed by atoms with van der Waals surface area (Å²) in [6, 6.07) is 24.6. The topological polar surface area (TPSA) is 0 Å². The van der Waals surface area contributed by atoms with Crippen molar-refractivity contribution in [3.63, 3.8) is 0 Å². The van der Waals surface area contributed by atoms with Crippen molar-refractivity contribution in [3.05, 3.63) is 93.5 Å². The highest BCUT2D eigenvalue weighted by Gasteiger charge is 2.54. The van der Waals surface area contributed by atoms with Crippen LogP contribution in [-0.4, -0.2) is 0 Å². The average molecular weight is 343 g/mol. The molecule has 4 aromatic rings. The van der Waals surface area contributed by atoms with Crippen LogP contribution in [0.25, 0.3) is 21.5 Å². The van der Waals surface area contributed by atoms with Crippen LogP contribution in [0, 0.1) is 0 Å². The van der Waals surface area contributed by atoms with Crippen molar-refractivity contribution in [2.24, 2.45) is 0 Å². The molecule has 0 aliphatic heterocycles. The molecule has 0 radical (unpaired) electrons. The molecule has 102 valence electrons. The van der Waals surface area contributed by atoms with Crippen molar-refractivity contribution in [1.82, 2.24) is 0 Å². The number of benzene rings is 4. The van der Waals surface area contributed by atoms with Gasteiger partial charge >= 0.3 is 0 Å². The molecule has 0 heterocycles. The average Bonchev–Trinajstić information content (AvgIpc) is 2.54. The molecule has 2 aliphatic rings. The summed E-state index contributed by atoms with van der Waals surface area (Å²) < 4.78 is 1.19. The van der Waals surface area contributed by atoms with Gasteiger partial charge in [0, 0.05) is 4.47 Å². The third-order valence-corrected chi connectivity index (χ3v) is 6.20. The lowest BCUT2D eigenvalue weighted by Gasteiger charge is -2.52. The summed E-state index contributed by atoms with van der Waals surface area (Å²) in [4.78, 5) is 0. The van der Waals surface area contributed by atoms with E-state index in [9.17, 15) is 0 Å². The first-order chi connectivity index (χ1) is 10.8. The Morgan fingerprint density at radius 1 is 0.591 bits per heavy atom. The highest BCUT2D eigenvalue weighted by molar-refractivity contribution is 9.10. The maximum atomic E-state index is 3.70. The molecular weight excluding hydrogens is 332 g/mol. The lowest BCUT2D eigenvalue weighted by atomic mass is 9.49. The highest BCUT2D eigenvalue weighted by atomic mass is 79.9. The Morgan fingerprint density at radius 3 is 1.91 bits per heavy atom. The van der Waals surface area contributed by atoms with Crippen LogP contribution in [-0.2, 0) is 5.41 Å². The number of halogens is 1. The maximum Gasteiger partial charge on any atom is 0.0725 e. The van der Waals surface area contributed by atoms with Crippen molar-refractivity contribution in [2.45, 2.75) is 5.41 Å². The Kier molecular flexibility index (Phi) is 1.79. The van der Waals surface area contributed by atoms with Gasteiger partial charge in [0.15, 0.2) is 0 Å². The minimum atomic E-state index is 0.0195. The molecule has 0 fully saturated rings. The Hall–Kier alpha value is -2.12. The molecule has 0 nitrogen and oxygen atoms in total. The molecule has 22 heavy (non-hydrogen) atoms. The van der Waals surface area contributed by atoms with E-state index in [1.165, 1.54) is 48.3 Å². The second-order valence-corrected chi connectivity index (χ2v) is 7.14. The van der Waals surface area contributed by atoms with Crippen LogP contribution in [0.1, 0.15) is 22.3 Å². The minimum absolute atomic E-state index is 0.0195. The molecule has 0 saturated heterocycles. The normalized spacial score (nSPS) is 15.9. The maximum absolute atomic E-state index is 3.70. The summed E-state index contributed by atoms with van der Waals surface area (Å²) in [6.45, 7) is 0. The first-order valence-electron chi connectivity index (χ1n) is 7.58. The van der Waals surface area contributed by atoms with Gasteiger partial charge in [-0.2, -0.15) is 0 Å². The Bertz CT molecular complexity index is 1090. The van der Waals surface area contributed by atoms with Crippen LogP contribution in [0.4, 0.5) is 0 Å². The predicted molar refractivity (Wildman–Crippen MR) is 94.6 cm³/mol. The van der Waals surface area contributed by atoms with E-state index in [1.807, 2.05) is 0 Å². The first-order valence-corrected chi connectivity index (χ1v) is 8.37. The summed E-state index contributed by atoms with van der Waals surface area (Å²) in [5, 5.41) is 5.58. The van der Waals surface area contributed by atoms with E-state index in [4.69, 9.17) is 0 Å². The molecule has 0 N–H and O–H groups in total. The van der Waals surface area contributed by atoms with Gasteiger partial charge in [-0.25, -0.2) is 0 Å². The van der Waals surface area contributed by atoms with Gasteiger partial charge < -0.3 is 0 Å². The van der Waals surface area contributed by atoms with E-state index in [2.05, 4.69) is 82.7 Å². The number of fused-ring (bicyclic) bond motifs is 4. The van der Waals surface area contributed by atoms with Gasteiger partial charge in [-0.05, 0) is 49.9 Å². The second-order valence-electron chi connectivity index (χ2n) is 6.28. The fourth-order valence-electron chi connectivity index (χ4n) is 4.71. The van der Waals surface area contributed by atoms with Gasteiger partial charge in [-0.3, -0.25) is 0 Å². The summed E-state index contributed by atoms with van der Waals surface area (Å²) in [7, 11) is 0. The minimum Gasteiger partial charge on any atom is -0.0613 e. The van der Waals surface area contributed by atoms with Crippen molar-refractivity contribution in [2.75, 3.05) is 0 Å². The molecular formula is C21H11Br. The SMILES string of the molecule is Brc1ccc2c3c(cccc13)C21c2cccc3cccc1c23. The van der Waals surface area contributed by atoms with Gasteiger partial charge in [0.25, 0.3) is 0 Å². The quantitative estimate of drug-likeness (QED) is 0.329. The fourth-order valence-corrected chi connectivity index (χ4v) is 5.17. The number of rotatable bonds is 0. The van der Waals surface area contributed by atoms with E-state index in [0.29, 0.717) is 0 Å². The van der Waals surface area contributed by atoms with Gasteiger partial charge in [0.2, 0.25) is 0 Å². The lowest BCUT2D eigenvalue weighted by molar-refractivity contribution is 0.701. The van der Waals surface area contributed by atoms with Crippen LogP contribution in [0.2, 0.25) is 0 Å². The molecule has 0 aromatic heterocycles. The van der Waals surface area contributed by atoms with Gasteiger partial charge in [0.1, 0.15) is 0 Å². The Labute approximate surface area is 136 Å². The van der Waals surface area contributed by atoms with Crippen LogP contribution < -0.4 is 0 Å². The van der Waals surface area contributed by atoms with E-state index < -0.39 is 0 Å². The molecule has 4 aromatic carbocycles. The summed E-state index contributed by atoms with van der Waals surface area (Å²) >= 11 is 3.70. The molecule has 1 heteroatoms. The summed E-state index contributed by atoms with van der Waals surface area (Å²) in [6.07, 6.45) is 0. The number of hydrogen-bond acceptors (Lipinski definition) is 0. The largest absolute Gasteiger partial charge is 0.0725 e. The molecule has 2 aliphatic carbocycles. The molecule has 0 amide bonds. The smallest absolute Gasteiger partial charge is 0.0613 e. The zero-order valence-corrected chi connectivity index (χ0v) is 13.3. The van der Waals surface area contributed by atoms with Crippen molar-refractivity contribution < 1.29 is 0 Å². The van der Waals surface area contributed by atoms with Crippen LogP contribution in [0.5, 0.6) is 0 Å². The van der Waals surface area contributed by atoms with Crippen LogP contribution >= 0.6 is 15.9 Å². The Morgan fingerprint density at radius 2 is 1.18 bits per heavy atom. The summed E-state index contributed by atoms with van der Waals surface area (Å²) in [5.74, 6) is 0. The molecule has 0 bridgehead atoms. The van der Waals surface area contributed by atoms with Crippen LogP contribution in [0.15, 0.2) is 71.2 Å². The van der Waals surface area contributed by atoms with Crippen molar-refractivity contribution >= 4 is 37.5 Å². The Balaban J connectivity index is 1.81. The highest BCUT2D eigenvalue weighted by Crippen LogP contribution is 2.64. The monoisotopic (exact) mass is 342 g/mol. The van der Waals surface area contributed by atoms with E-state index in [-0.39, 0.29) is 5.41 Å². The third-order valence-electron chi connectivity index (χ3n) is 5.51. The first kappa shape index (κ1) is 11.4. The molecule has 0 unspecified atom stereocenters. The van der Waals surface area contributed by atoms with Gasteiger partial charge in [-0.1, -0.05) is 76.6 Å². The second kappa shape index (κ2) is 3.44. The third kappa shape index (κ3) is 0.959. The molecule has 0 saturated carbocycles. The van der Waals surface area contributed by atoms with Crippen LogP contribution in [0.3, 0.4) is 0 Å². The molecule has 6 rings (SSSR count). The van der Waals surface area contributed by atoms with E-state index >= 15 is 0 Å². The zero-order valence-electron chi connectivity index (χ0n) is 11.7. The van der Waals surface area contributed by atoms with Gasteiger partial charge in [0.05, 0.1) is 5.41 Å². The zero-order chi connectivity index (χ0) is 14.5. The molecule has 1 spiro atoms. The summed E-state index contributed by atoms with van der Waals surface area (Å²) in [5.41, 5.74) is 5.90. The fraction of sp³-hybridized carbons (Fsp3) is 0.0476. The molecule has 0 atom stereocenters. The van der Waals surface area contributed by atoms with Gasteiger partial charge in [-0.15, -0.1) is 0 Å². The standard InChI is InChI=1S/C21H11Br/c22-18-11-10-17-20-13(18)6-3-9-16(20)21(17)14-7-1-4-12-5-2-8-15(21)19(12)14/h1-11H. The van der Waals surface area contributed by atoms with E-state index in [1.54, 1.807) is 0 Å². The number of hydrogen-bond donors (Lipinski definition) is 0. The van der Waals surface area contributed by atoms with Crippen molar-refractivity contribution in [1.29, 1.82) is 0 Å².